The molecule has 4 nitrogen and oxygen atoms in total. The lowest BCUT2D eigenvalue weighted by Crippen LogP contribution is -2.10. The number of ether oxygens (including phenoxy) is 1. The summed E-state index contributed by atoms with van der Waals surface area (Å²) >= 11 is 3.05. The molecule has 0 amide bonds. The summed E-state index contributed by atoms with van der Waals surface area (Å²) in [7, 11) is 0. The Morgan fingerprint density at radius 2 is 2.33 bits per heavy atom. The molecule has 0 unspecified atom stereocenters. The van der Waals surface area contributed by atoms with Crippen LogP contribution in [0.25, 0.3) is 0 Å². The van der Waals surface area contributed by atoms with Crippen LogP contribution < -0.4 is 0 Å². The van der Waals surface area contributed by atoms with Crippen molar-refractivity contribution in [2.45, 2.75) is 19.8 Å². The van der Waals surface area contributed by atoms with Crippen LogP contribution in [0.5, 0.6) is 0 Å². The van der Waals surface area contributed by atoms with E-state index in [-0.39, 0.29) is 28.9 Å². The van der Waals surface area contributed by atoms with Gasteiger partial charge in [0.05, 0.1) is 24.3 Å². The van der Waals surface area contributed by atoms with E-state index in [0.29, 0.717) is 0 Å². The van der Waals surface area contributed by atoms with Crippen LogP contribution >= 0.6 is 15.9 Å². The highest BCUT2D eigenvalue weighted by atomic mass is 79.9. The summed E-state index contributed by atoms with van der Waals surface area (Å²) < 4.78 is 30.2. The van der Waals surface area contributed by atoms with Crippen LogP contribution in [0.4, 0.5) is 8.78 Å². The van der Waals surface area contributed by atoms with E-state index >= 15 is 0 Å². The minimum Gasteiger partial charge on any atom is -0.466 e. The van der Waals surface area contributed by atoms with Crippen LogP contribution in [-0.2, 0) is 16.0 Å². The van der Waals surface area contributed by atoms with Crippen molar-refractivity contribution >= 4 is 21.9 Å². The fourth-order valence-corrected chi connectivity index (χ4v) is 1.75. The Morgan fingerprint density at radius 1 is 1.67 bits per heavy atom. The number of nitriles is 1. The molecule has 0 saturated heterocycles. The molecule has 1 aromatic heterocycles. The Labute approximate surface area is 111 Å². The van der Waals surface area contributed by atoms with Gasteiger partial charge in [-0.1, -0.05) is 0 Å². The number of nitrogens with zero attached hydrogens (tertiary/aromatic N) is 2. The zero-order chi connectivity index (χ0) is 13.7. The van der Waals surface area contributed by atoms with Crippen LogP contribution in [0.3, 0.4) is 0 Å². The van der Waals surface area contributed by atoms with Gasteiger partial charge in [-0.15, -0.1) is 0 Å². The Bertz CT molecular complexity index is 501. The molecule has 1 aromatic rings. The monoisotopic (exact) mass is 318 g/mol. The second kappa shape index (κ2) is 6.40. The van der Waals surface area contributed by atoms with E-state index in [0.717, 1.165) is 6.07 Å². The summed E-state index contributed by atoms with van der Waals surface area (Å²) in [6.45, 7) is 1.87. The van der Waals surface area contributed by atoms with Gasteiger partial charge in [-0.2, -0.15) is 5.26 Å². The van der Waals surface area contributed by atoms with Crippen molar-refractivity contribution in [1.29, 1.82) is 5.26 Å². The third-order valence-corrected chi connectivity index (χ3v) is 2.72. The third-order valence-electron chi connectivity index (χ3n) is 2.04. The molecule has 7 heteroatoms. The maximum absolute atomic E-state index is 12.6. The minimum absolute atomic E-state index is 0.174. The lowest BCUT2D eigenvalue weighted by atomic mass is 10.1. The maximum atomic E-state index is 12.6. The predicted octanol–water partition coefficient (Wildman–Crippen LogP) is 2.76. The van der Waals surface area contributed by atoms with Crippen molar-refractivity contribution in [3.8, 4) is 6.07 Å². The van der Waals surface area contributed by atoms with Gasteiger partial charge >= 0.3 is 5.97 Å². The number of pyridine rings is 1. The molecule has 0 bridgehead atoms. The lowest BCUT2D eigenvalue weighted by Gasteiger charge is -2.08. The van der Waals surface area contributed by atoms with Gasteiger partial charge in [0.1, 0.15) is 11.8 Å². The zero-order valence-corrected chi connectivity index (χ0v) is 11.0. The molecule has 1 rings (SSSR count). The van der Waals surface area contributed by atoms with Gasteiger partial charge in [-0.05, 0) is 28.9 Å². The number of aromatic nitrogens is 1. The van der Waals surface area contributed by atoms with Crippen molar-refractivity contribution in [2.24, 2.45) is 0 Å². The topological polar surface area (TPSA) is 63.0 Å². The highest BCUT2D eigenvalue weighted by Gasteiger charge is 2.19. The molecule has 18 heavy (non-hydrogen) atoms. The molecule has 0 aliphatic carbocycles. The highest BCUT2D eigenvalue weighted by molar-refractivity contribution is 9.10. The van der Waals surface area contributed by atoms with E-state index in [1.54, 1.807) is 13.0 Å². The molecule has 0 spiro atoms. The summed E-state index contributed by atoms with van der Waals surface area (Å²) in [5.74, 6) is -0.528. The number of hydrogen-bond donors (Lipinski definition) is 0. The van der Waals surface area contributed by atoms with Gasteiger partial charge in [0.2, 0.25) is 0 Å². The molecule has 0 saturated carbocycles. The molecule has 0 atom stereocenters. The summed E-state index contributed by atoms with van der Waals surface area (Å²) in [6.07, 6.45) is -2.97. The first kappa shape index (κ1) is 14.5. The number of alkyl halides is 2. The molecule has 0 N–H and O–H groups in total. The molecule has 0 fully saturated rings. The van der Waals surface area contributed by atoms with E-state index in [9.17, 15) is 13.6 Å². The number of rotatable bonds is 4. The van der Waals surface area contributed by atoms with E-state index in [1.807, 2.05) is 0 Å². The predicted molar refractivity (Wildman–Crippen MR) is 61.9 cm³/mol. The van der Waals surface area contributed by atoms with Crippen LogP contribution in [0.15, 0.2) is 10.5 Å². The fourth-order valence-electron chi connectivity index (χ4n) is 1.27. The maximum Gasteiger partial charge on any atom is 0.311 e. The zero-order valence-electron chi connectivity index (χ0n) is 9.41. The molecule has 0 aliphatic rings. The number of carbonyl (C=O) groups excluding carboxylic acids is 1. The van der Waals surface area contributed by atoms with Gasteiger partial charge < -0.3 is 4.74 Å². The Hall–Kier alpha value is -1.55. The largest absolute Gasteiger partial charge is 0.466 e. The number of esters is 1. The second-order valence-electron chi connectivity index (χ2n) is 3.25. The number of halogens is 3. The average Bonchev–Trinajstić information content (AvgIpc) is 2.31. The molecular formula is C11H9BrF2N2O2. The fraction of sp³-hybridized carbons (Fsp3) is 0.364. The molecule has 0 aliphatic heterocycles. The lowest BCUT2D eigenvalue weighted by molar-refractivity contribution is -0.142. The summed E-state index contributed by atoms with van der Waals surface area (Å²) in [6, 6.07) is 2.69. The average molecular weight is 319 g/mol. The van der Waals surface area contributed by atoms with Crippen molar-refractivity contribution in [3.63, 3.8) is 0 Å². The Kier molecular flexibility index (Phi) is 5.16. The van der Waals surface area contributed by atoms with E-state index in [4.69, 9.17) is 10.00 Å². The third kappa shape index (κ3) is 3.47. The first-order valence-corrected chi connectivity index (χ1v) is 5.82. The second-order valence-corrected chi connectivity index (χ2v) is 4.10. The first-order chi connectivity index (χ1) is 8.49. The standard InChI is InChI=1S/C11H9BrF2N2O2/c1-2-18-10(17)4-8-7(12)3-6(11(13)14)9(5-15)16-8/h3,11H,2,4H2,1H3. The molecule has 1 heterocycles. The molecule has 96 valence electrons. The van der Waals surface area contributed by atoms with Gasteiger partial charge in [-0.3, -0.25) is 4.79 Å². The van der Waals surface area contributed by atoms with Gasteiger partial charge in [0.15, 0.2) is 0 Å². The number of carbonyl (C=O) groups is 1. The van der Waals surface area contributed by atoms with E-state index in [2.05, 4.69) is 20.9 Å². The summed E-state index contributed by atoms with van der Waals surface area (Å²) in [5, 5.41) is 8.74. The van der Waals surface area contributed by atoms with Crippen LogP contribution in [-0.4, -0.2) is 17.6 Å². The van der Waals surface area contributed by atoms with Crippen LogP contribution in [0.1, 0.15) is 30.3 Å². The SMILES string of the molecule is CCOC(=O)Cc1nc(C#N)c(C(F)F)cc1Br. The smallest absolute Gasteiger partial charge is 0.311 e. The van der Waals surface area contributed by atoms with Crippen molar-refractivity contribution in [1.82, 2.24) is 4.98 Å². The summed E-state index contributed by atoms with van der Waals surface area (Å²) in [5.41, 5.74) is -0.640. The minimum atomic E-state index is -2.79. The van der Waals surface area contributed by atoms with E-state index in [1.165, 1.54) is 0 Å². The van der Waals surface area contributed by atoms with Crippen LogP contribution in [0.2, 0.25) is 0 Å². The van der Waals surface area contributed by atoms with Crippen molar-refractivity contribution in [3.05, 3.63) is 27.5 Å². The Morgan fingerprint density at radius 3 is 2.83 bits per heavy atom. The molecule has 0 aromatic carbocycles. The van der Waals surface area contributed by atoms with Crippen LogP contribution in [0, 0.1) is 11.3 Å². The van der Waals surface area contributed by atoms with E-state index < -0.39 is 18.0 Å². The molecular weight excluding hydrogens is 310 g/mol. The normalized spacial score (nSPS) is 10.2. The van der Waals surface area contributed by atoms with Crippen molar-refractivity contribution in [2.75, 3.05) is 6.61 Å². The van der Waals surface area contributed by atoms with Crippen molar-refractivity contribution < 1.29 is 18.3 Å². The Balaban J connectivity index is 3.09. The molecule has 0 radical (unpaired) electrons. The number of hydrogen-bond acceptors (Lipinski definition) is 4. The summed E-state index contributed by atoms with van der Waals surface area (Å²) in [4.78, 5) is 15.0. The van der Waals surface area contributed by atoms with Gasteiger partial charge in [0.25, 0.3) is 6.43 Å². The van der Waals surface area contributed by atoms with Gasteiger partial charge in [0, 0.05) is 4.47 Å². The first-order valence-electron chi connectivity index (χ1n) is 5.02. The highest BCUT2D eigenvalue weighted by Crippen LogP contribution is 2.27. The quantitative estimate of drug-likeness (QED) is 0.801. The van der Waals surface area contributed by atoms with Gasteiger partial charge in [-0.25, -0.2) is 13.8 Å².